The monoisotopic (exact) mass is 201 g/mol. The molecule has 0 saturated heterocycles. The lowest BCUT2D eigenvalue weighted by Crippen LogP contribution is -1.94. The van der Waals surface area contributed by atoms with Crippen LogP contribution in [0.3, 0.4) is 0 Å². The van der Waals surface area contributed by atoms with Crippen molar-refractivity contribution in [3.63, 3.8) is 0 Å². The Bertz CT molecular complexity index is 443. The van der Waals surface area contributed by atoms with Crippen LogP contribution in [0.1, 0.15) is 31.3 Å². The molecule has 0 aliphatic rings. The number of pyridine rings is 1. The minimum absolute atomic E-state index is 0.465. The van der Waals surface area contributed by atoms with Gasteiger partial charge in [0.1, 0.15) is 5.82 Å². The maximum absolute atomic E-state index is 4.53. The second kappa shape index (κ2) is 3.85. The number of hydrogen-bond donors (Lipinski definition) is 0. The molecule has 15 heavy (non-hydrogen) atoms. The smallest absolute Gasteiger partial charge is 0.110 e. The van der Waals surface area contributed by atoms with Crippen LogP contribution < -0.4 is 0 Å². The van der Waals surface area contributed by atoms with Gasteiger partial charge in [0, 0.05) is 24.3 Å². The van der Waals surface area contributed by atoms with Crippen LogP contribution in [0.2, 0.25) is 0 Å². The molecule has 0 atom stereocenters. The van der Waals surface area contributed by atoms with Gasteiger partial charge in [-0.15, -0.1) is 0 Å². The van der Waals surface area contributed by atoms with Crippen molar-refractivity contribution in [2.45, 2.75) is 26.7 Å². The number of nitrogens with zero attached hydrogens (tertiary/aromatic N) is 3. The van der Waals surface area contributed by atoms with Crippen LogP contribution in [0.5, 0.6) is 0 Å². The minimum atomic E-state index is 0.465. The van der Waals surface area contributed by atoms with Crippen LogP contribution in [0.25, 0.3) is 5.69 Å². The van der Waals surface area contributed by atoms with Crippen molar-refractivity contribution >= 4 is 0 Å². The molecular formula is C12H15N3. The molecule has 2 rings (SSSR count). The van der Waals surface area contributed by atoms with E-state index < -0.39 is 0 Å². The van der Waals surface area contributed by atoms with Gasteiger partial charge < -0.3 is 4.57 Å². The summed E-state index contributed by atoms with van der Waals surface area (Å²) >= 11 is 0. The van der Waals surface area contributed by atoms with E-state index in [-0.39, 0.29) is 0 Å². The van der Waals surface area contributed by atoms with Crippen LogP contribution in [-0.4, -0.2) is 14.5 Å². The number of aromatic nitrogens is 3. The predicted molar refractivity (Wildman–Crippen MR) is 60.2 cm³/mol. The molecule has 0 unspecified atom stereocenters. The highest BCUT2D eigenvalue weighted by molar-refractivity contribution is 5.31. The van der Waals surface area contributed by atoms with Gasteiger partial charge in [0.15, 0.2) is 0 Å². The molecule has 78 valence electrons. The average molecular weight is 201 g/mol. The molecule has 3 nitrogen and oxygen atoms in total. The van der Waals surface area contributed by atoms with E-state index in [2.05, 4.69) is 34.6 Å². The van der Waals surface area contributed by atoms with Gasteiger partial charge in [-0.1, -0.05) is 13.8 Å². The van der Waals surface area contributed by atoms with Crippen molar-refractivity contribution in [3.8, 4) is 5.69 Å². The Labute approximate surface area is 89.8 Å². The predicted octanol–water partition coefficient (Wildman–Crippen LogP) is 2.70. The lowest BCUT2D eigenvalue weighted by atomic mass is 10.2. The first-order chi connectivity index (χ1) is 7.18. The fraction of sp³-hybridized carbons (Fsp3) is 0.333. The zero-order valence-corrected chi connectivity index (χ0v) is 9.31. The zero-order chi connectivity index (χ0) is 10.8. The number of imidazole rings is 1. The second-order valence-corrected chi connectivity index (χ2v) is 3.94. The molecule has 2 heterocycles. The van der Waals surface area contributed by atoms with Crippen molar-refractivity contribution in [1.82, 2.24) is 14.5 Å². The molecule has 0 N–H and O–H groups in total. The van der Waals surface area contributed by atoms with Gasteiger partial charge in [-0.3, -0.25) is 4.98 Å². The molecule has 2 aromatic rings. The van der Waals surface area contributed by atoms with Crippen molar-refractivity contribution in [1.29, 1.82) is 0 Å². The number of rotatable bonds is 2. The first kappa shape index (κ1) is 9.90. The van der Waals surface area contributed by atoms with Crippen LogP contribution in [0.15, 0.2) is 30.7 Å². The third-order valence-corrected chi connectivity index (χ3v) is 2.43. The third-order valence-electron chi connectivity index (χ3n) is 2.43. The van der Waals surface area contributed by atoms with Crippen LogP contribution in [0.4, 0.5) is 0 Å². The normalized spacial score (nSPS) is 10.9. The fourth-order valence-corrected chi connectivity index (χ4v) is 1.54. The summed E-state index contributed by atoms with van der Waals surface area (Å²) in [7, 11) is 0. The lowest BCUT2D eigenvalue weighted by molar-refractivity contribution is 0.828. The Morgan fingerprint density at radius 1 is 1.20 bits per heavy atom. The summed E-state index contributed by atoms with van der Waals surface area (Å²) < 4.78 is 2.09. The van der Waals surface area contributed by atoms with Crippen molar-refractivity contribution in [3.05, 3.63) is 42.2 Å². The van der Waals surface area contributed by atoms with E-state index in [1.165, 1.54) is 0 Å². The van der Waals surface area contributed by atoms with Crippen LogP contribution in [0, 0.1) is 6.92 Å². The first-order valence-corrected chi connectivity index (χ1v) is 5.15. The van der Waals surface area contributed by atoms with E-state index in [4.69, 9.17) is 0 Å². The van der Waals surface area contributed by atoms with Crippen molar-refractivity contribution in [2.75, 3.05) is 0 Å². The summed E-state index contributed by atoms with van der Waals surface area (Å²) in [4.78, 5) is 8.54. The summed E-state index contributed by atoms with van der Waals surface area (Å²) in [6, 6.07) is 3.97. The lowest BCUT2D eigenvalue weighted by Gasteiger charge is -2.02. The van der Waals surface area contributed by atoms with Gasteiger partial charge >= 0.3 is 0 Å². The molecular weight excluding hydrogens is 186 g/mol. The summed E-state index contributed by atoms with van der Waals surface area (Å²) in [6.07, 6.45) is 5.68. The maximum Gasteiger partial charge on any atom is 0.110 e. The van der Waals surface area contributed by atoms with Crippen LogP contribution in [-0.2, 0) is 0 Å². The molecule has 0 aromatic carbocycles. The highest BCUT2D eigenvalue weighted by atomic mass is 15.1. The Hall–Kier alpha value is -1.64. The van der Waals surface area contributed by atoms with Gasteiger partial charge in [-0.2, -0.15) is 0 Å². The van der Waals surface area contributed by atoms with E-state index in [0.29, 0.717) is 5.92 Å². The minimum Gasteiger partial charge on any atom is -0.304 e. The Kier molecular flexibility index (Phi) is 2.54. The molecule has 0 spiro atoms. The topological polar surface area (TPSA) is 30.7 Å². The Morgan fingerprint density at radius 2 is 1.87 bits per heavy atom. The zero-order valence-electron chi connectivity index (χ0n) is 9.31. The summed E-state index contributed by atoms with van der Waals surface area (Å²) in [5, 5.41) is 0. The molecule has 0 saturated carbocycles. The van der Waals surface area contributed by atoms with E-state index in [0.717, 1.165) is 17.2 Å². The molecule has 0 aliphatic carbocycles. The quantitative estimate of drug-likeness (QED) is 0.748. The molecule has 0 aliphatic heterocycles. The molecule has 0 amide bonds. The van der Waals surface area contributed by atoms with Gasteiger partial charge in [0.2, 0.25) is 0 Å². The molecule has 0 radical (unpaired) electrons. The highest BCUT2D eigenvalue weighted by Gasteiger charge is 2.08. The second-order valence-electron chi connectivity index (χ2n) is 3.94. The van der Waals surface area contributed by atoms with Crippen LogP contribution >= 0.6 is 0 Å². The molecule has 2 aromatic heterocycles. The Morgan fingerprint density at radius 3 is 2.40 bits per heavy atom. The summed E-state index contributed by atoms with van der Waals surface area (Å²) in [5.74, 6) is 1.48. The fourth-order valence-electron chi connectivity index (χ4n) is 1.54. The van der Waals surface area contributed by atoms with E-state index in [1.54, 1.807) is 12.4 Å². The average Bonchev–Trinajstić information content (AvgIpc) is 2.62. The standard InChI is InChI=1S/C12H15N3/c1-9(2)12-8-15(10(3)14-12)11-4-6-13-7-5-11/h4-9H,1-3H3. The van der Waals surface area contributed by atoms with E-state index in [9.17, 15) is 0 Å². The van der Waals surface area contributed by atoms with Gasteiger partial charge in [-0.25, -0.2) is 4.98 Å². The molecule has 3 heteroatoms. The largest absolute Gasteiger partial charge is 0.304 e. The highest BCUT2D eigenvalue weighted by Crippen LogP contribution is 2.17. The van der Waals surface area contributed by atoms with Crippen molar-refractivity contribution in [2.24, 2.45) is 0 Å². The SMILES string of the molecule is Cc1nc(C(C)C)cn1-c1ccncc1. The van der Waals surface area contributed by atoms with Gasteiger partial charge in [0.05, 0.1) is 5.69 Å². The maximum atomic E-state index is 4.53. The third kappa shape index (κ3) is 1.91. The Balaban J connectivity index is 2.45. The molecule has 0 bridgehead atoms. The van der Waals surface area contributed by atoms with Gasteiger partial charge in [-0.05, 0) is 25.0 Å². The van der Waals surface area contributed by atoms with E-state index >= 15 is 0 Å². The van der Waals surface area contributed by atoms with Gasteiger partial charge in [0.25, 0.3) is 0 Å². The number of aryl methyl sites for hydroxylation is 1. The first-order valence-electron chi connectivity index (χ1n) is 5.15. The summed E-state index contributed by atoms with van der Waals surface area (Å²) in [5.41, 5.74) is 2.24. The molecule has 0 fully saturated rings. The van der Waals surface area contributed by atoms with E-state index in [1.807, 2.05) is 19.1 Å². The van der Waals surface area contributed by atoms with Crippen molar-refractivity contribution < 1.29 is 0 Å². The summed E-state index contributed by atoms with van der Waals surface area (Å²) in [6.45, 7) is 6.32. The number of hydrogen-bond acceptors (Lipinski definition) is 2.